The second kappa shape index (κ2) is 15.4. The predicted molar refractivity (Wildman–Crippen MR) is 141 cm³/mol. The molecule has 0 saturated carbocycles. The fourth-order valence-corrected chi connectivity index (χ4v) is 3.51. The molecule has 3 aromatic carbocycles. The average molecular weight is 511 g/mol. The molecule has 3 rings (SSSR count). The number of benzene rings is 3. The smallest absolute Gasteiger partial charge is 0.295 e. The van der Waals surface area contributed by atoms with Gasteiger partial charge >= 0.3 is 0 Å². The topological polar surface area (TPSA) is 82.1 Å². The molecule has 0 radical (unpaired) electrons. The molecule has 3 aromatic rings. The quantitative estimate of drug-likeness (QED) is 0.181. The second-order valence-electron chi connectivity index (χ2n) is 7.71. The Morgan fingerprint density at radius 3 is 1.89 bits per heavy atom. The van der Waals surface area contributed by atoms with Crippen molar-refractivity contribution in [3.05, 3.63) is 102 Å². The van der Waals surface area contributed by atoms with Crippen molar-refractivity contribution in [2.75, 3.05) is 13.2 Å². The van der Waals surface area contributed by atoms with Gasteiger partial charge in [-0.3, -0.25) is 9.59 Å². The Morgan fingerprint density at radius 1 is 0.833 bits per heavy atom. The van der Waals surface area contributed by atoms with E-state index in [-0.39, 0.29) is 26.0 Å². The second-order valence-corrected chi connectivity index (χ2v) is 8.09. The van der Waals surface area contributed by atoms with E-state index in [9.17, 15) is 14.7 Å². The van der Waals surface area contributed by atoms with Crippen LogP contribution in [0.2, 0.25) is 0 Å². The molecule has 0 heterocycles. The minimum absolute atomic E-state index is 0.109. The number of hydrogen-bond donors (Lipinski definition) is 1. The van der Waals surface area contributed by atoms with E-state index < -0.39 is 5.79 Å². The largest absolute Gasteiger partial charge is 0.494 e. The minimum atomic E-state index is -1.68. The summed E-state index contributed by atoms with van der Waals surface area (Å²) in [7, 11) is 0. The Morgan fingerprint density at radius 2 is 1.39 bits per heavy atom. The molecule has 7 heteroatoms. The van der Waals surface area contributed by atoms with Crippen molar-refractivity contribution in [1.29, 1.82) is 0 Å². The molecule has 0 fully saturated rings. The maximum atomic E-state index is 9.82. The molecule has 0 saturated heterocycles. The number of carbonyl (C=O) groups is 2. The molecule has 1 atom stereocenters. The van der Waals surface area contributed by atoms with Gasteiger partial charge in [0.15, 0.2) is 6.61 Å². The lowest BCUT2D eigenvalue weighted by Gasteiger charge is -2.22. The van der Waals surface area contributed by atoms with Gasteiger partial charge in [0.25, 0.3) is 12.9 Å². The molecule has 1 unspecified atom stereocenters. The Hall–Kier alpha value is -3.61. The zero-order valence-corrected chi connectivity index (χ0v) is 21.2. The van der Waals surface area contributed by atoms with E-state index in [1.165, 1.54) is 0 Å². The number of carbonyl (C=O) groups excluding carboxylic acids is 2. The first kappa shape index (κ1) is 28.6. The van der Waals surface area contributed by atoms with Crippen LogP contribution in [-0.2, 0) is 19.1 Å². The van der Waals surface area contributed by atoms with Gasteiger partial charge in [-0.2, -0.15) is 0 Å². The molecule has 0 aliphatic carbocycles. The molecule has 0 spiro atoms. The highest BCUT2D eigenvalue weighted by molar-refractivity contribution is 6.53. The van der Waals surface area contributed by atoms with Gasteiger partial charge in [0.2, 0.25) is 5.79 Å². The zero-order valence-electron chi connectivity index (χ0n) is 20.4. The molecule has 36 heavy (non-hydrogen) atoms. The summed E-state index contributed by atoms with van der Waals surface area (Å²) >= 11 is 6.81. The summed E-state index contributed by atoms with van der Waals surface area (Å²) in [6.45, 7) is 4.37. The molecule has 190 valence electrons. The Balaban J connectivity index is 0.000000352. The van der Waals surface area contributed by atoms with Crippen LogP contribution in [0.15, 0.2) is 84.9 Å². The Labute approximate surface area is 217 Å². The van der Waals surface area contributed by atoms with Gasteiger partial charge in [-0.05, 0) is 35.2 Å². The maximum Gasteiger partial charge on any atom is 0.295 e. The normalized spacial score (nSPS) is 12.7. The van der Waals surface area contributed by atoms with Gasteiger partial charge in [-0.1, -0.05) is 98.2 Å². The van der Waals surface area contributed by atoms with Crippen molar-refractivity contribution < 1.29 is 28.9 Å². The zero-order chi connectivity index (χ0) is 26.2. The molecular formula is C29H31ClO6. The van der Waals surface area contributed by atoms with Crippen LogP contribution < -0.4 is 4.74 Å². The molecule has 0 aromatic heterocycles. The average Bonchev–Trinajstić information content (AvgIpc) is 2.93. The van der Waals surface area contributed by atoms with E-state index in [1.54, 1.807) is 6.92 Å². The molecule has 0 aliphatic rings. The summed E-state index contributed by atoms with van der Waals surface area (Å²) in [6.07, 6.45) is 1.16. The lowest BCUT2D eigenvalue weighted by molar-refractivity contribution is -0.216. The highest BCUT2D eigenvalue weighted by Gasteiger charge is 2.26. The van der Waals surface area contributed by atoms with Crippen LogP contribution in [-0.4, -0.2) is 37.1 Å². The number of rotatable bonds is 12. The molecule has 0 bridgehead atoms. The summed E-state index contributed by atoms with van der Waals surface area (Å²) in [4.78, 5) is 19.5. The van der Waals surface area contributed by atoms with Gasteiger partial charge in [0.05, 0.1) is 11.6 Å². The van der Waals surface area contributed by atoms with E-state index in [0.717, 1.165) is 46.1 Å². The molecule has 0 aliphatic heterocycles. The molecular weight excluding hydrogens is 480 g/mol. The van der Waals surface area contributed by atoms with Crippen LogP contribution in [0.4, 0.5) is 0 Å². The van der Waals surface area contributed by atoms with Crippen molar-refractivity contribution >= 4 is 35.2 Å². The van der Waals surface area contributed by atoms with E-state index in [1.807, 2.05) is 60.7 Å². The lowest BCUT2D eigenvalue weighted by Crippen LogP contribution is -2.36. The van der Waals surface area contributed by atoms with Crippen LogP contribution in [0.25, 0.3) is 10.6 Å². The van der Waals surface area contributed by atoms with Crippen molar-refractivity contribution in [3.8, 4) is 5.75 Å². The third-order valence-electron chi connectivity index (χ3n) is 5.12. The molecule has 1 N–H and O–H groups in total. The van der Waals surface area contributed by atoms with E-state index in [4.69, 9.17) is 16.3 Å². The summed E-state index contributed by atoms with van der Waals surface area (Å²) in [5.41, 5.74) is 4.20. The van der Waals surface area contributed by atoms with Crippen molar-refractivity contribution in [2.24, 2.45) is 0 Å². The first-order valence-electron chi connectivity index (χ1n) is 11.6. The fourth-order valence-electron chi connectivity index (χ4n) is 3.16. The van der Waals surface area contributed by atoms with Gasteiger partial charge < -0.3 is 19.3 Å². The third-order valence-corrected chi connectivity index (χ3v) is 5.53. The number of hydrogen-bond acceptors (Lipinski definition) is 6. The monoisotopic (exact) mass is 510 g/mol. The standard InChI is InChI=1S/C23H21ClO.C6H10O5/c1-2-17-25-21-15-13-19(14-16-21)22(18-9-5-3-6-10-18)23(24)20-11-7-4-8-12-20;1-2-6(9,11-5-8)3-10-4-7/h3-16H,2,17H2,1H3;4-5,9H,2-3H2,1H3/b23-22+;. The van der Waals surface area contributed by atoms with Gasteiger partial charge in [0.1, 0.15) is 5.75 Å². The van der Waals surface area contributed by atoms with E-state index in [2.05, 4.69) is 40.7 Å². The Kier molecular flexibility index (Phi) is 12.2. The van der Waals surface area contributed by atoms with E-state index in [0.29, 0.717) is 0 Å². The number of halogens is 1. The van der Waals surface area contributed by atoms with Gasteiger partial charge in [0, 0.05) is 12.0 Å². The minimum Gasteiger partial charge on any atom is -0.494 e. The summed E-state index contributed by atoms with van der Waals surface area (Å²) in [5.74, 6) is -0.795. The maximum absolute atomic E-state index is 9.82. The summed E-state index contributed by atoms with van der Waals surface area (Å²) in [5, 5.41) is 9.96. The Bertz CT molecular complexity index is 1080. The SMILES string of the molecule is CCC(O)(COC=O)OC=O.CCCOc1ccc(/C(=C(/Cl)c2ccccc2)c2ccccc2)cc1. The third kappa shape index (κ3) is 8.87. The fraction of sp³-hybridized carbons (Fsp3) is 0.241. The first-order valence-corrected chi connectivity index (χ1v) is 12.0. The number of aliphatic hydroxyl groups is 1. The van der Waals surface area contributed by atoms with Gasteiger partial charge in [-0.25, -0.2) is 0 Å². The molecule has 0 amide bonds. The first-order chi connectivity index (χ1) is 17.5. The van der Waals surface area contributed by atoms with Crippen LogP contribution in [0.5, 0.6) is 5.75 Å². The molecule has 6 nitrogen and oxygen atoms in total. The highest BCUT2D eigenvalue weighted by atomic mass is 35.5. The van der Waals surface area contributed by atoms with Crippen molar-refractivity contribution in [1.82, 2.24) is 0 Å². The number of ether oxygens (including phenoxy) is 3. The predicted octanol–water partition coefficient (Wildman–Crippen LogP) is 6.06. The van der Waals surface area contributed by atoms with Gasteiger partial charge in [-0.15, -0.1) is 0 Å². The van der Waals surface area contributed by atoms with Crippen LogP contribution in [0, 0.1) is 0 Å². The van der Waals surface area contributed by atoms with Crippen LogP contribution >= 0.6 is 11.6 Å². The summed E-state index contributed by atoms with van der Waals surface area (Å²) in [6, 6.07) is 28.5. The van der Waals surface area contributed by atoms with Crippen LogP contribution in [0.3, 0.4) is 0 Å². The van der Waals surface area contributed by atoms with E-state index >= 15 is 0 Å². The van der Waals surface area contributed by atoms with Crippen LogP contribution in [0.1, 0.15) is 43.4 Å². The highest BCUT2D eigenvalue weighted by Crippen LogP contribution is 2.35. The lowest BCUT2D eigenvalue weighted by atomic mass is 9.95. The summed E-state index contributed by atoms with van der Waals surface area (Å²) < 4.78 is 14.2. The van der Waals surface area contributed by atoms with Crippen molar-refractivity contribution in [3.63, 3.8) is 0 Å². The van der Waals surface area contributed by atoms with Crippen molar-refractivity contribution in [2.45, 2.75) is 32.5 Å².